The summed E-state index contributed by atoms with van der Waals surface area (Å²) in [6.45, 7) is 2.04. The number of nitrogens with one attached hydrogen (secondary N) is 2. The predicted molar refractivity (Wildman–Crippen MR) is 76.8 cm³/mol. The van der Waals surface area contributed by atoms with Gasteiger partial charge in [0.05, 0.1) is 4.92 Å². The maximum Gasteiger partial charge on any atom is 0.294 e. The second kappa shape index (κ2) is 7.00. The number of ether oxygens (including phenoxy) is 1. The molecule has 1 amide bonds. The molecule has 1 atom stereocenters. The third-order valence-electron chi connectivity index (χ3n) is 3.47. The zero-order valence-electron chi connectivity index (χ0n) is 11.5. The minimum Gasteiger partial charge on any atom is -0.381 e. The number of nitro groups is 1. The maximum atomic E-state index is 12.0. The van der Waals surface area contributed by atoms with Crippen LogP contribution in [0.1, 0.15) is 23.2 Å². The van der Waals surface area contributed by atoms with Gasteiger partial charge in [0.2, 0.25) is 0 Å². The van der Waals surface area contributed by atoms with Crippen LogP contribution < -0.4 is 16.6 Å². The van der Waals surface area contributed by atoms with E-state index in [2.05, 4.69) is 10.7 Å². The summed E-state index contributed by atoms with van der Waals surface area (Å²) >= 11 is 0. The molecule has 0 radical (unpaired) electrons. The van der Waals surface area contributed by atoms with Crippen LogP contribution in [0.5, 0.6) is 0 Å². The molecule has 4 N–H and O–H groups in total. The normalized spacial score (nSPS) is 17.5. The molecule has 1 aromatic carbocycles. The minimum atomic E-state index is -0.582. The average Bonchev–Trinajstić information content (AvgIpc) is 2.99. The molecular formula is C13H18N4O4. The summed E-state index contributed by atoms with van der Waals surface area (Å²) < 4.78 is 5.26. The van der Waals surface area contributed by atoms with Gasteiger partial charge in [-0.05, 0) is 30.9 Å². The van der Waals surface area contributed by atoms with E-state index < -0.39 is 4.92 Å². The molecule has 0 aliphatic carbocycles. The van der Waals surface area contributed by atoms with Crippen molar-refractivity contribution in [2.24, 2.45) is 11.8 Å². The summed E-state index contributed by atoms with van der Waals surface area (Å²) in [7, 11) is 0. The zero-order chi connectivity index (χ0) is 15.2. The molecule has 1 fully saturated rings. The molecule has 0 saturated carbocycles. The first-order valence-electron chi connectivity index (χ1n) is 6.73. The highest BCUT2D eigenvalue weighted by Crippen LogP contribution is 2.24. The number of nitrogen functional groups attached to an aromatic ring is 1. The van der Waals surface area contributed by atoms with E-state index in [0.29, 0.717) is 12.5 Å². The van der Waals surface area contributed by atoms with Crippen LogP contribution in [0.25, 0.3) is 0 Å². The lowest BCUT2D eigenvalue weighted by Gasteiger charge is -2.09. The van der Waals surface area contributed by atoms with Gasteiger partial charge in [0, 0.05) is 31.4 Å². The SMILES string of the molecule is NNc1ccc(C(=O)NCCC2CCOC2)cc1[N+](=O)[O-]. The fourth-order valence-corrected chi connectivity index (χ4v) is 2.25. The third kappa shape index (κ3) is 3.89. The van der Waals surface area contributed by atoms with Gasteiger partial charge in [0.15, 0.2) is 0 Å². The van der Waals surface area contributed by atoms with Gasteiger partial charge in [-0.3, -0.25) is 20.8 Å². The molecule has 1 heterocycles. The van der Waals surface area contributed by atoms with Crippen LogP contribution in [0.2, 0.25) is 0 Å². The summed E-state index contributed by atoms with van der Waals surface area (Å²) in [5.41, 5.74) is 2.41. The first-order chi connectivity index (χ1) is 10.1. The summed E-state index contributed by atoms with van der Waals surface area (Å²) in [5, 5.41) is 13.7. The van der Waals surface area contributed by atoms with Crippen LogP contribution in [0.3, 0.4) is 0 Å². The number of hydrogen-bond donors (Lipinski definition) is 3. The Morgan fingerprint density at radius 1 is 1.52 bits per heavy atom. The number of anilines is 1. The van der Waals surface area contributed by atoms with Crippen molar-refractivity contribution in [3.8, 4) is 0 Å². The number of amides is 1. The standard InChI is InChI=1S/C13H18N4O4/c14-16-11-2-1-10(7-12(11)17(19)20)13(18)15-5-3-9-4-6-21-8-9/h1-2,7,9,16H,3-6,8,14H2,(H,15,18). The van der Waals surface area contributed by atoms with Crippen LogP contribution in [-0.4, -0.2) is 30.6 Å². The van der Waals surface area contributed by atoms with Crippen molar-refractivity contribution in [2.45, 2.75) is 12.8 Å². The Labute approximate surface area is 121 Å². The molecule has 114 valence electrons. The number of carbonyl (C=O) groups is 1. The maximum absolute atomic E-state index is 12.0. The molecule has 1 unspecified atom stereocenters. The molecule has 1 aliphatic heterocycles. The third-order valence-corrected chi connectivity index (χ3v) is 3.47. The lowest BCUT2D eigenvalue weighted by atomic mass is 10.1. The van der Waals surface area contributed by atoms with Gasteiger partial charge in [-0.25, -0.2) is 0 Å². The fraction of sp³-hybridized carbons (Fsp3) is 0.462. The number of nitrogens with zero attached hydrogens (tertiary/aromatic N) is 1. The zero-order valence-corrected chi connectivity index (χ0v) is 11.5. The Balaban J connectivity index is 1.95. The Bertz CT molecular complexity index is 529. The molecule has 1 aromatic rings. The van der Waals surface area contributed by atoms with Gasteiger partial charge in [-0.1, -0.05) is 0 Å². The van der Waals surface area contributed by atoms with Crippen LogP contribution in [0.4, 0.5) is 11.4 Å². The Morgan fingerprint density at radius 2 is 2.33 bits per heavy atom. The van der Waals surface area contributed by atoms with Crippen molar-refractivity contribution >= 4 is 17.3 Å². The summed E-state index contributed by atoms with van der Waals surface area (Å²) in [6, 6.07) is 4.12. The van der Waals surface area contributed by atoms with E-state index in [9.17, 15) is 14.9 Å². The molecule has 8 nitrogen and oxygen atoms in total. The van der Waals surface area contributed by atoms with Crippen molar-refractivity contribution in [3.63, 3.8) is 0 Å². The molecule has 1 saturated heterocycles. The van der Waals surface area contributed by atoms with Crippen molar-refractivity contribution in [2.75, 3.05) is 25.2 Å². The van der Waals surface area contributed by atoms with Crippen molar-refractivity contribution in [1.29, 1.82) is 0 Å². The number of nitrogens with two attached hydrogens (primary N) is 1. The number of hydrazine groups is 1. The fourth-order valence-electron chi connectivity index (χ4n) is 2.25. The second-order valence-corrected chi connectivity index (χ2v) is 4.91. The number of rotatable bonds is 6. The monoisotopic (exact) mass is 294 g/mol. The van der Waals surface area contributed by atoms with E-state index in [4.69, 9.17) is 10.6 Å². The molecule has 0 spiro atoms. The lowest BCUT2D eigenvalue weighted by molar-refractivity contribution is -0.384. The smallest absolute Gasteiger partial charge is 0.294 e. The highest BCUT2D eigenvalue weighted by atomic mass is 16.6. The van der Waals surface area contributed by atoms with E-state index in [0.717, 1.165) is 26.1 Å². The number of nitro benzene ring substituents is 1. The highest BCUT2D eigenvalue weighted by Gasteiger charge is 2.18. The quantitative estimate of drug-likeness (QED) is 0.409. The van der Waals surface area contributed by atoms with Gasteiger partial charge in [-0.15, -0.1) is 0 Å². The van der Waals surface area contributed by atoms with E-state index in [1.807, 2.05) is 0 Å². The predicted octanol–water partition coefficient (Wildman–Crippen LogP) is 1.04. The molecule has 0 bridgehead atoms. The van der Waals surface area contributed by atoms with Crippen LogP contribution in [0, 0.1) is 16.0 Å². The van der Waals surface area contributed by atoms with Gasteiger partial charge in [-0.2, -0.15) is 0 Å². The number of carbonyl (C=O) groups excluding carboxylic acids is 1. The summed E-state index contributed by atoms with van der Waals surface area (Å²) in [5.74, 6) is 5.34. The average molecular weight is 294 g/mol. The number of benzene rings is 1. The topological polar surface area (TPSA) is 120 Å². The van der Waals surface area contributed by atoms with Gasteiger partial charge >= 0.3 is 0 Å². The van der Waals surface area contributed by atoms with Gasteiger partial charge in [0.1, 0.15) is 5.69 Å². The molecule has 0 aromatic heterocycles. The Morgan fingerprint density at radius 3 is 2.95 bits per heavy atom. The summed E-state index contributed by atoms with van der Waals surface area (Å²) in [4.78, 5) is 22.3. The Hall–Kier alpha value is -2.19. The first kappa shape index (κ1) is 15.2. The van der Waals surface area contributed by atoms with E-state index in [1.165, 1.54) is 18.2 Å². The van der Waals surface area contributed by atoms with E-state index >= 15 is 0 Å². The largest absolute Gasteiger partial charge is 0.381 e. The van der Waals surface area contributed by atoms with Crippen LogP contribution in [-0.2, 0) is 4.74 Å². The highest BCUT2D eigenvalue weighted by molar-refractivity contribution is 5.95. The van der Waals surface area contributed by atoms with Crippen molar-refractivity contribution in [1.82, 2.24) is 5.32 Å². The van der Waals surface area contributed by atoms with Gasteiger partial charge in [0.25, 0.3) is 11.6 Å². The first-order valence-corrected chi connectivity index (χ1v) is 6.73. The molecule has 8 heteroatoms. The Kier molecular flexibility index (Phi) is 5.07. The van der Waals surface area contributed by atoms with Crippen LogP contribution >= 0.6 is 0 Å². The van der Waals surface area contributed by atoms with Crippen molar-refractivity contribution in [3.05, 3.63) is 33.9 Å². The number of hydrogen-bond acceptors (Lipinski definition) is 6. The van der Waals surface area contributed by atoms with Gasteiger partial charge < -0.3 is 15.5 Å². The second-order valence-electron chi connectivity index (χ2n) is 4.91. The molecule has 21 heavy (non-hydrogen) atoms. The van der Waals surface area contributed by atoms with E-state index in [1.54, 1.807) is 0 Å². The van der Waals surface area contributed by atoms with Crippen LogP contribution in [0.15, 0.2) is 18.2 Å². The molecule has 1 aliphatic rings. The lowest BCUT2D eigenvalue weighted by Crippen LogP contribution is -2.26. The molecular weight excluding hydrogens is 276 g/mol. The van der Waals surface area contributed by atoms with E-state index in [-0.39, 0.29) is 22.8 Å². The minimum absolute atomic E-state index is 0.166. The summed E-state index contributed by atoms with van der Waals surface area (Å²) in [6.07, 6.45) is 1.86. The van der Waals surface area contributed by atoms with Crippen molar-refractivity contribution < 1.29 is 14.5 Å². The molecule has 2 rings (SSSR count).